The Bertz CT molecular complexity index is 365. The van der Waals surface area contributed by atoms with E-state index in [0.29, 0.717) is 6.42 Å². The zero-order valence-electron chi connectivity index (χ0n) is 7.05. The Hall–Kier alpha value is -0.410. The van der Waals surface area contributed by atoms with Gasteiger partial charge in [0, 0.05) is 27.6 Å². The summed E-state index contributed by atoms with van der Waals surface area (Å²) in [6.45, 7) is 0. The second-order valence-electron chi connectivity index (χ2n) is 3.18. The van der Waals surface area contributed by atoms with Gasteiger partial charge in [0.1, 0.15) is 0 Å². The molecule has 0 N–H and O–H groups in total. The highest BCUT2D eigenvalue weighted by Gasteiger charge is 2.12. The molecular formula is C10H9BrOS. The standard InChI is InChI=1S/C10H9BrOS/c11-8-5-10(13-6-8)4-7-1-2-9(12)3-7/h3,5-6H,1-2,4H2. The van der Waals surface area contributed by atoms with Gasteiger partial charge in [-0.2, -0.15) is 0 Å². The van der Waals surface area contributed by atoms with Crippen molar-refractivity contribution in [2.45, 2.75) is 19.3 Å². The smallest absolute Gasteiger partial charge is 0.155 e. The van der Waals surface area contributed by atoms with Crippen molar-refractivity contribution >= 4 is 33.0 Å². The van der Waals surface area contributed by atoms with E-state index in [9.17, 15) is 4.79 Å². The fraction of sp³-hybridized carbons (Fsp3) is 0.300. The molecule has 0 fully saturated rings. The van der Waals surface area contributed by atoms with Crippen molar-refractivity contribution in [1.82, 2.24) is 0 Å². The van der Waals surface area contributed by atoms with Gasteiger partial charge in [0.15, 0.2) is 5.78 Å². The maximum Gasteiger partial charge on any atom is 0.155 e. The van der Waals surface area contributed by atoms with Crippen molar-refractivity contribution in [2.75, 3.05) is 0 Å². The number of carbonyl (C=O) groups excluding carboxylic acids is 1. The van der Waals surface area contributed by atoms with Gasteiger partial charge in [-0.05, 0) is 34.5 Å². The molecule has 2 rings (SSSR count). The first-order chi connectivity index (χ1) is 6.24. The summed E-state index contributed by atoms with van der Waals surface area (Å²) in [5.41, 5.74) is 1.28. The molecule has 68 valence electrons. The number of thiophene rings is 1. The lowest BCUT2D eigenvalue weighted by Gasteiger charge is -1.95. The molecule has 1 aromatic heterocycles. The van der Waals surface area contributed by atoms with Crippen molar-refractivity contribution in [2.24, 2.45) is 0 Å². The van der Waals surface area contributed by atoms with E-state index >= 15 is 0 Å². The predicted molar refractivity (Wildman–Crippen MR) is 58.0 cm³/mol. The Balaban J connectivity index is 2.06. The number of carbonyl (C=O) groups is 1. The maximum atomic E-state index is 11.0. The van der Waals surface area contributed by atoms with Crippen LogP contribution in [0.2, 0.25) is 0 Å². The highest BCUT2D eigenvalue weighted by molar-refractivity contribution is 9.10. The van der Waals surface area contributed by atoms with Crippen molar-refractivity contribution in [3.8, 4) is 0 Å². The molecule has 1 nitrogen and oxygen atoms in total. The summed E-state index contributed by atoms with van der Waals surface area (Å²) in [5.74, 6) is 0.283. The molecule has 0 bridgehead atoms. The third-order valence-corrected chi connectivity index (χ3v) is 3.78. The Morgan fingerprint density at radius 1 is 1.46 bits per heavy atom. The van der Waals surface area contributed by atoms with Crippen LogP contribution in [0, 0.1) is 0 Å². The van der Waals surface area contributed by atoms with Crippen LogP contribution in [0.4, 0.5) is 0 Å². The van der Waals surface area contributed by atoms with Crippen LogP contribution in [0.15, 0.2) is 27.6 Å². The normalized spacial score (nSPS) is 16.4. The van der Waals surface area contributed by atoms with Crippen molar-refractivity contribution in [1.29, 1.82) is 0 Å². The van der Waals surface area contributed by atoms with E-state index in [2.05, 4.69) is 27.4 Å². The Labute approximate surface area is 89.6 Å². The molecular weight excluding hydrogens is 248 g/mol. The molecule has 1 aromatic rings. The fourth-order valence-corrected chi connectivity index (χ4v) is 2.97. The molecule has 0 saturated heterocycles. The lowest BCUT2D eigenvalue weighted by Crippen LogP contribution is -1.82. The van der Waals surface area contributed by atoms with E-state index in [1.807, 2.05) is 0 Å². The average molecular weight is 257 g/mol. The minimum atomic E-state index is 0.283. The molecule has 3 heteroatoms. The van der Waals surface area contributed by atoms with Gasteiger partial charge in [-0.3, -0.25) is 4.79 Å². The largest absolute Gasteiger partial charge is 0.295 e. The van der Waals surface area contributed by atoms with Gasteiger partial charge in [0.2, 0.25) is 0 Å². The van der Waals surface area contributed by atoms with Crippen LogP contribution in [0.25, 0.3) is 0 Å². The SMILES string of the molecule is O=C1C=C(Cc2cc(Br)cs2)CC1. The van der Waals surface area contributed by atoms with Gasteiger partial charge < -0.3 is 0 Å². The highest BCUT2D eigenvalue weighted by Crippen LogP contribution is 2.25. The average Bonchev–Trinajstić information content (AvgIpc) is 2.62. The monoisotopic (exact) mass is 256 g/mol. The van der Waals surface area contributed by atoms with Crippen LogP contribution < -0.4 is 0 Å². The Morgan fingerprint density at radius 2 is 2.31 bits per heavy atom. The predicted octanol–water partition coefficient (Wildman–Crippen LogP) is 3.34. The third-order valence-electron chi connectivity index (χ3n) is 2.08. The lowest BCUT2D eigenvalue weighted by molar-refractivity contribution is -0.114. The van der Waals surface area contributed by atoms with E-state index in [-0.39, 0.29) is 5.78 Å². The zero-order valence-corrected chi connectivity index (χ0v) is 9.45. The van der Waals surface area contributed by atoms with Crippen molar-refractivity contribution in [3.63, 3.8) is 0 Å². The summed E-state index contributed by atoms with van der Waals surface area (Å²) < 4.78 is 1.14. The van der Waals surface area contributed by atoms with Gasteiger partial charge in [-0.25, -0.2) is 0 Å². The lowest BCUT2D eigenvalue weighted by atomic mass is 10.1. The minimum absolute atomic E-state index is 0.283. The van der Waals surface area contributed by atoms with E-state index < -0.39 is 0 Å². The molecule has 0 spiro atoms. The summed E-state index contributed by atoms with van der Waals surface area (Å²) >= 11 is 5.16. The summed E-state index contributed by atoms with van der Waals surface area (Å²) in [6.07, 6.45) is 4.41. The van der Waals surface area contributed by atoms with Crippen LogP contribution in [0.3, 0.4) is 0 Å². The molecule has 1 aliphatic rings. The summed E-state index contributed by atoms with van der Waals surface area (Å²) in [6, 6.07) is 2.12. The Kier molecular flexibility index (Phi) is 2.65. The second kappa shape index (κ2) is 3.76. The maximum absolute atomic E-state index is 11.0. The van der Waals surface area contributed by atoms with Crippen molar-refractivity contribution < 1.29 is 4.79 Å². The number of hydrogen-bond donors (Lipinski definition) is 0. The quantitative estimate of drug-likeness (QED) is 0.794. The van der Waals surface area contributed by atoms with Crippen LogP contribution in [-0.4, -0.2) is 5.78 Å². The Morgan fingerprint density at radius 3 is 2.85 bits per heavy atom. The van der Waals surface area contributed by atoms with Gasteiger partial charge in [0.25, 0.3) is 0 Å². The first-order valence-corrected chi connectivity index (χ1v) is 5.86. The van der Waals surface area contributed by atoms with E-state index in [4.69, 9.17) is 0 Å². The molecule has 1 heterocycles. The van der Waals surface area contributed by atoms with Crippen molar-refractivity contribution in [3.05, 3.63) is 32.4 Å². The van der Waals surface area contributed by atoms with Gasteiger partial charge >= 0.3 is 0 Å². The van der Waals surface area contributed by atoms with Crippen LogP contribution in [0.5, 0.6) is 0 Å². The molecule has 0 aliphatic heterocycles. The first-order valence-electron chi connectivity index (χ1n) is 4.19. The van der Waals surface area contributed by atoms with E-state index in [0.717, 1.165) is 17.3 Å². The van der Waals surface area contributed by atoms with Crippen LogP contribution >= 0.6 is 27.3 Å². The topological polar surface area (TPSA) is 17.1 Å². The first kappa shape index (κ1) is 9.16. The third kappa shape index (κ3) is 2.29. The summed E-state index contributed by atoms with van der Waals surface area (Å²) in [5, 5.41) is 2.08. The molecule has 13 heavy (non-hydrogen) atoms. The zero-order chi connectivity index (χ0) is 9.26. The summed E-state index contributed by atoms with van der Waals surface area (Å²) in [7, 11) is 0. The second-order valence-corrected chi connectivity index (χ2v) is 5.09. The highest BCUT2D eigenvalue weighted by atomic mass is 79.9. The van der Waals surface area contributed by atoms with Crippen LogP contribution in [0.1, 0.15) is 17.7 Å². The number of rotatable bonds is 2. The molecule has 0 atom stereocenters. The molecule has 0 aromatic carbocycles. The molecule has 0 unspecified atom stereocenters. The number of ketones is 1. The molecule has 0 amide bonds. The van der Waals surface area contributed by atoms with E-state index in [1.54, 1.807) is 17.4 Å². The van der Waals surface area contributed by atoms with Crippen LogP contribution in [-0.2, 0) is 11.2 Å². The number of allylic oxidation sites excluding steroid dienone is 2. The van der Waals surface area contributed by atoms with E-state index in [1.165, 1.54) is 10.5 Å². The van der Waals surface area contributed by atoms with Gasteiger partial charge in [-0.15, -0.1) is 11.3 Å². The number of hydrogen-bond acceptors (Lipinski definition) is 2. The molecule has 0 saturated carbocycles. The molecule has 0 radical (unpaired) electrons. The van der Waals surface area contributed by atoms with Gasteiger partial charge in [-0.1, -0.05) is 5.57 Å². The number of halogens is 1. The van der Waals surface area contributed by atoms with Gasteiger partial charge in [0.05, 0.1) is 0 Å². The minimum Gasteiger partial charge on any atom is -0.295 e. The summed E-state index contributed by atoms with van der Waals surface area (Å²) in [4.78, 5) is 12.3. The molecule has 1 aliphatic carbocycles. The fourth-order valence-electron chi connectivity index (χ4n) is 1.47.